The van der Waals surface area contributed by atoms with Gasteiger partial charge in [0.05, 0.1) is 67.6 Å². The van der Waals surface area contributed by atoms with E-state index in [1.54, 1.807) is 36.8 Å². The molecule has 4 aromatic rings. The maximum absolute atomic E-state index is 9.97. The van der Waals surface area contributed by atoms with Gasteiger partial charge in [0.25, 0.3) is 0 Å². The van der Waals surface area contributed by atoms with Crippen LogP contribution in [0.5, 0.6) is 11.5 Å². The van der Waals surface area contributed by atoms with Crippen molar-refractivity contribution in [2.24, 2.45) is 0 Å². The summed E-state index contributed by atoms with van der Waals surface area (Å²) in [6.07, 6.45) is 1.56. The number of rotatable bonds is 9. The smallest absolute Gasteiger partial charge is 0.153 e. The van der Waals surface area contributed by atoms with Gasteiger partial charge in [-0.3, -0.25) is 14.8 Å². The number of benzene rings is 2. The Bertz CT molecular complexity index is 1660. The summed E-state index contributed by atoms with van der Waals surface area (Å²) in [5.41, 5.74) is 4.41. The third kappa shape index (κ3) is 6.46. The van der Waals surface area contributed by atoms with E-state index in [9.17, 15) is 5.26 Å². The van der Waals surface area contributed by atoms with E-state index in [4.69, 9.17) is 47.1 Å². The van der Waals surface area contributed by atoms with Gasteiger partial charge in [0, 0.05) is 72.2 Å². The molecular formula is C32H33Cl2N5O4S. The van der Waals surface area contributed by atoms with Crippen LogP contribution in [0, 0.1) is 11.3 Å². The number of halogens is 2. The number of ether oxygens (including phenoxy) is 4. The molecule has 0 radical (unpaired) electrons. The van der Waals surface area contributed by atoms with Gasteiger partial charge in [0.15, 0.2) is 5.75 Å². The number of nitriles is 1. The molecule has 4 heterocycles. The quantitative estimate of drug-likeness (QED) is 0.215. The number of pyridine rings is 1. The lowest BCUT2D eigenvalue weighted by atomic mass is 10.0. The summed E-state index contributed by atoms with van der Waals surface area (Å²) in [6.45, 7) is 8.49. The van der Waals surface area contributed by atoms with Gasteiger partial charge in [-0.05, 0) is 29.8 Å². The summed E-state index contributed by atoms with van der Waals surface area (Å²) in [4.78, 5) is 12.1. The van der Waals surface area contributed by atoms with Crippen molar-refractivity contribution in [1.29, 1.82) is 5.26 Å². The fourth-order valence-corrected chi connectivity index (χ4v) is 7.35. The Morgan fingerprint density at radius 1 is 0.955 bits per heavy atom. The molecule has 12 heteroatoms. The molecule has 2 fully saturated rings. The normalized spacial score (nSPS) is 16.2. The number of fused-ring (bicyclic) bond motifs is 1. The van der Waals surface area contributed by atoms with Crippen molar-refractivity contribution in [3.8, 4) is 28.0 Å². The van der Waals surface area contributed by atoms with Crippen LogP contribution in [-0.2, 0) is 22.6 Å². The van der Waals surface area contributed by atoms with Crippen LogP contribution in [0.15, 0.2) is 36.5 Å². The fraction of sp³-hybridized carbons (Fsp3) is 0.375. The topological polar surface area (TPSA) is 92.1 Å². The van der Waals surface area contributed by atoms with Crippen molar-refractivity contribution in [2.45, 2.75) is 13.1 Å². The van der Waals surface area contributed by atoms with E-state index in [0.717, 1.165) is 81.5 Å². The first-order chi connectivity index (χ1) is 21.5. The first kappa shape index (κ1) is 30.9. The zero-order chi connectivity index (χ0) is 30.6. The second-order valence-corrected chi connectivity index (χ2v) is 12.6. The third-order valence-corrected chi connectivity index (χ3v) is 9.75. The van der Waals surface area contributed by atoms with E-state index in [-0.39, 0.29) is 0 Å². The van der Waals surface area contributed by atoms with E-state index in [1.165, 1.54) is 17.6 Å². The minimum Gasteiger partial charge on any atom is -0.495 e. The minimum absolute atomic E-state index is 0.369. The second kappa shape index (κ2) is 13.9. The van der Waals surface area contributed by atoms with E-state index >= 15 is 0 Å². The molecule has 44 heavy (non-hydrogen) atoms. The predicted molar refractivity (Wildman–Crippen MR) is 175 cm³/mol. The maximum Gasteiger partial charge on any atom is 0.153 e. The average Bonchev–Trinajstić information content (AvgIpc) is 3.43. The Morgan fingerprint density at radius 3 is 2.32 bits per heavy atom. The Morgan fingerprint density at radius 2 is 1.66 bits per heavy atom. The number of methoxy groups -OCH3 is 2. The molecule has 0 saturated carbocycles. The van der Waals surface area contributed by atoms with Crippen molar-refractivity contribution in [2.75, 3.05) is 72.1 Å². The minimum atomic E-state index is 0.369. The zero-order valence-electron chi connectivity index (χ0n) is 24.6. The molecule has 9 nitrogen and oxygen atoms in total. The number of hydrogen-bond donors (Lipinski definition) is 1. The summed E-state index contributed by atoms with van der Waals surface area (Å²) in [5.74, 6) is 1.11. The van der Waals surface area contributed by atoms with Crippen LogP contribution in [-0.4, -0.2) is 81.6 Å². The van der Waals surface area contributed by atoms with Gasteiger partial charge in [-0.2, -0.15) is 5.26 Å². The van der Waals surface area contributed by atoms with Gasteiger partial charge in [-0.25, -0.2) is 0 Å². The highest BCUT2D eigenvalue weighted by molar-refractivity contribution is 7.15. The molecule has 6 rings (SSSR count). The number of morpholine rings is 2. The molecule has 0 spiro atoms. The summed E-state index contributed by atoms with van der Waals surface area (Å²) in [7, 11) is 3.19. The third-order valence-electron chi connectivity index (χ3n) is 7.95. The fourth-order valence-electron chi connectivity index (χ4n) is 5.61. The lowest BCUT2D eigenvalue weighted by Crippen LogP contribution is -2.37. The largest absolute Gasteiger partial charge is 0.495 e. The molecule has 0 aliphatic carbocycles. The van der Waals surface area contributed by atoms with Gasteiger partial charge in [0.2, 0.25) is 0 Å². The van der Waals surface area contributed by atoms with Crippen molar-refractivity contribution in [3.63, 3.8) is 0 Å². The zero-order valence-corrected chi connectivity index (χ0v) is 26.9. The van der Waals surface area contributed by atoms with Gasteiger partial charge < -0.3 is 24.3 Å². The SMILES string of the molecule is COc1cc(Nc2c(C#N)cnc3c(OC)c(-c4cc(CN5CCOCC5)c(CN5CCOCC5)s4)ccc23)c(Cl)cc1Cl. The molecule has 2 aromatic carbocycles. The highest BCUT2D eigenvalue weighted by Crippen LogP contribution is 2.44. The number of aromatic nitrogens is 1. The molecule has 0 amide bonds. The van der Waals surface area contributed by atoms with Crippen LogP contribution in [0.2, 0.25) is 10.0 Å². The van der Waals surface area contributed by atoms with E-state index in [1.807, 2.05) is 12.1 Å². The first-order valence-corrected chi connectivity index (χ1v) is 16.0. The highest BCUT2D eigenvalue weighted by atomic mass is 35.5. The Kier molecular flexibility index (Phi) is 9.74. The van der Waals surface area contributed by atoms with Gasteiger partial charge in [-0.15, -0.1) is 11.3 Å². The molecule has 0 bridgehead atoms. The Labute approximate surface area is 270 Å². The number of anilines is 2. The van der Waals surface area contributed by atoms with Crippen LogP contribution in [0.3, 0.4) is 0 Å². The van der Waals surface area contributed by atoms with Crippen LogP contribution < -0.4 is 14.8 Å². The van der Waals surface area contributed by atoms with Gasteiger partial charge in [-0.1, -0.05) is 23.2 Å². The molecule has 230 valence electrons. The average molecular weight is 655 g/mol. The number of nitrogens with one attached hydrogen (secondary N) is 1. The van der Waals surface area contributed by atoms with Crippen molar-refractivity contribution < 1.29 is 18.9 Å². The lowest BCUT2D eigenvalue weighted by Gasteiger charge is -2.28. The molecule has 0 unspecified atom stereocenters. The summed E-state index contributed by atoms with van der Waals surface area (Å²) < 4.78 is 22.6. The predicted octanol–water partition coefficient (Wildman–Crippen LogP) is 6.57. The summed E-state index contributed by atoms with van der Waals surface area (Å²) in [6, 6.07) is 11.9. The molecule has 1 N–H and O–H groups in total. The first-order valence-electron chi connectivity index (χ1n) is 14.4. The standard InChI is InChI=1S/C32H33Cl2N5O4S/c1-40-27-15-26(24(33)14-25(27)34)37-30-21(16-35)17-36-31-23(30)4-3-22(32(31)41-2)28-13-20(18-38-5-9-42-10-6-38)29(44-28)19-39-7-11-43-12-8-39/h3-4,13-15,17H,5-12,18-19H2,1-2H3,(H,36,37). The number of hydrogen-bond acceptors (Lipinski definition) is 10. The van der Waals surface area contributed by atoms with Crippen molar-refractivity contribution >= 4 is 56.8 Å². The lowest BCUT2D eigenvalue weighted by molar-refractivity contribution is 0.0313. The van der Waals surface area contributed by atoms with Crippen LogP contribution >= 0.6 is 34.5 Å². The molecule has 2 saturated heterocycles. The number of thiophene rings is 1. The Balaban J connectivity index is 1.41. The van der Waals surface area contributed by atoms with Gasteiger partial charge in [0.1, 0.15) is 17.3 Å². The Hall–Kier alpha value is -3.14. The van der Waals surface area contributed by atoms with E-state index in [0.29, 0.717) is 44.0 Å². The summed E-state index contributed by atoms with van der Waals surface area (Å²) >= 11 is 14.6. The van der Waals surface area contributed by atoms with E-state index < -0.39 is 0 Å². The van der Waals surface area contributed by atoms with Gasteiger partial charge >= 0.3 is 0 Å². The number of nitrogens with zero attached hydrogens (tertiary/aromatic N) is 4. The summed E-state index contributed by atoms with van der Waals surface area (Å²) in [5, 5.41) is 14.8. The molecule has 0 atom stereocenters. The van der Waals surface area contributed by atoms with Crippen molar-refractivity contribution in [1.82, 2.24) is 14.8 Å². The van der Waals surface area contributed by atoms with E-state index in [2.05, 4.69) is 27.3 Å². The van der Waals surface area contributed by atoms with Crippen LogP contribution in [0.4, 0.5) is 11.4 Å². The molecule has 2 aliphatic rings. The molecular weight excluding hydrogens is 621 g/mol. The highest BCUT2D eigenvalue weighted by Gasteiger charge is 2.23. The van der Waals surface area contributed by atoms with Crippen molar-refractivity contribution in [3.05, 3.63) is 62.6 Å². The molecule has 2 aliphatic heterocycles. The molecule has 2 aromatic heterocycles. The van der Waals surface area contributed by atoms with Crippen LogP contribution in [0.1, 0.15) is 16.0 Å². The second-order valence-electron chi connectivity index (χ2n) is 10.6. The monoisotopic (exact) mass is 653 g/mol. The maximum atomic E-state index is 9.97. The van der Waals surface area contributed by atoms with Crippen LogP contribution in [0.25, 0.3) is 21.3 Å².